The van der Waals surface area contributed by atoms with Crippen molar-refractivity contribution in [1.29, 1.82) is 0 Å². The predicted octanol–water partition coefficient (Wildman–Crippen LogP) is 3.24. The summed E-state index contributed by atoms with van der Waals surface area (Å²) in [6.45, 7) is 2.90. The molecule has 28 heavy (non-hydrogen) atoms. The number of nitrogens with one attached hydrogen (secondary N) is 2. The second kappa shape index (κ2) is 8.95. The van der Waals surface area contributed by atoms with Crippen molar-refractivity contribution in [2.75, 3.05) is 20.2 Å². The lowest BCUT2D eigenvalue weighted by Gasteiger charge is -2.30. The van der Waals surface area contributed by atoms with Gasteiger partial charge in [-0.05, 0) is 43.8 Å². The zero-order valence-electron chi connectivity index (χ0n) is 15.7. The summed E-state index contributed by atoms with van der Waals surface area (Å²) in [5.74, 6) is -0.0320. The summed E-state index contributed by atoms with van der Waals surface area (Å²) in [6.07, 6.45) is 1.50. The molecule has 2 heterocycles. The fourth-order valence-corrected chi connectivity index (χ4v) is 3.35. The number of furan rings is 1. The van der Waals surface area contributed by atoms with E-state index < -0.39 is 18.0 Å². The van der Waals surface area contributed by atoms with E-state index in [1.165, 1.54) is 6.26 Å². The highest BCUT2D eigenvalue weighted by Crippen LogP contribution is 2.28. The van der Waals surface area contributed by atoms with Gasteiger partial charge < -0.3 is 19.8 Å². The van der Waals surface area contributed by atoms with E-state index in [0.717, 1.165) is 5.56 Å². The number of rotatable bonds is 7. The van der Waals surface area contributed by atoms with Crippen LogP contribution in [0.3, 0.4) is 0 Å². The molecule has 148 valence electrons. The molecule has 8 heteroatoms. The van der Waals surface area contributed by atoms with E-state index >= 15 is 0 Å². The first kappa shape index (κ1) is 20.0. The normalized spacial score (nSPS) is 16.7. The van der Waals surface area contributed by atoms with E-state index in [2.05, 4.69) is 10.6 Å². The predicted molar refractivity (Wildman–Crippen MR) is 105 cm³/mol. The number of halogens is 1. The summed E-state index contributed by atoms with van der Waals surface area (Å²) >= 11 is 6.05. The molecular formula is C20H22ClN3O4. The smallest absolute Gasteiger partial charge is 0.338 e. The summed E-state index contributed by atoms with van der Waals surface area (Å²) in [4.78, 5) is 26.8. The molecule has 0 saturated heterocycles. The van der Waals surface area contributed by atoms with Crippen LogP contribution in [0, 0.1) is 0 Å². The van der Waals surface area contributed by atoms with Crippen molar-refractivity contribution in [2.45, 2.75) is 19.5 Å². The Morgan fingerprint density at radius 1 is 1.29 bits per heavy atom. The van der Waals surface area contributed by atoms with Gasteiger partial charge in [-0.1, -0.05) is 23.7 Å². The van der Waals surface area contributed by atoms with Crippen molar-refractivity contribution in [2.24, 2.45) is 0 Å². The first-order valence-corrected chi connectivity index (χ1v) is 9.29. The van der Waals surface area contributed by atoms with Crippen LogP contribution >= 0.6 is 11.6 Å². The van der Waals surface area contributed by atoms with Crippen molar-refractivity contribution in [1.82, 2.24) is 15.5 Å². The van der Waals surface area contributed by atoms with E-state index in [-0.39, 0.29) is 6.61 Å². The Bertz CT molecular complexity index is 879. The SMILES string of the molecule is CCOC(=O)C1=C(CN(C)Cc2cccc(Cl)c2)NC(=O)N[C@H]1c1ccco1. The van der Waals surface area contributed by atoms with E-state index in [9.17, 15) is 9.59 Å². The van der Waals surface area contributed by atoms with Crippen LogP contribution in [0.15, 0.2) is 58.3 Å². The molecule has 0 aliphatic carbocycles. The standard InChI is InChI=1S/C20H22ClN3O4/c1-3-27-19(25)17-15(12-24(2)11-13-6-4-7-14(21)10-13)22-20(26)23-18(17)16-8-5-9-28-16/h4-10,18H,3,11-12H2,1-2H3,(H2,22,23,26)/t18-/m0/s1. The number of hydrogen-bond donors (Lipinski definition) is 2. The number of urea groups is 1. The van der Waals surface area contributed by atoms with Gasteiger partial charge in [0.1, 0.15) is 11.8 Å². The summed E-state index contributed by atoms with van der Waals surface area (Å²) in [5.41, 5.74) is 1.83. The van der Waals surface area contributed by atoms with Crippen LogP contribution in [0.5, 0.6) is 0 Å². The maximum atomic E-state index is 12.7. The Morgan fingerprint density at radius 2 is 2.11 bits per heavy atom. The van der Waals surface area contributed by atoms with Gasteiger partial charge in [0.2, 0.25) is 0 Å². The molecule has 1 atom stereocenters. The molecule has 0 unspecified atom stereocenters. The minimum Gasteiger partial charge on any atom is -0.467 e. The number of nitrogens with zero attached hydrogens (tertiary/aromatic N) is 1. The van der Waals surface area contributed by atoms with Crippen LogP contribution in [0.1, 0.15) is 24.3 Å². The van der Waals surface area contributed by atoms with Gasteiger partial charge in [-0.15, -0.1) is 0 Å². The Labute approximate surface area is 168 Å². The van der Waals surface area contributed by atoms with Gasteiger partial charge in [0.15, 0.2) is 0 Å². The molecule has 1 aliphatic rings. The van der Waals surface area contributed by atoms with Crippen LogP contribution in [0.4, 0.5) is 4.79 Å². The number of amides is 2. The number of ether oxygens (including phenoxy) is 1. The highest BCUT2D eigenvalue weighted by atomic mass is 35.5. The monoisotopic (exact) mass is 403 g/mol. The maximum absolute atomic E-state index is 12.7. The largest absolute Gasteiger partial charge is 0.467 e. The van der Waals surface area contributed by atoms with Gasteiger partial charge in [0.25, 0.3) is 0 Å². The van der Waals surface area contributed by atoms with Gasteiger partial charge in [0.05, 0.1) is 18.4 Å². The Morgan fingerprint density at radius 3 is 2.79 bits per heavy atom. The third-order valence-corrected chi connectivity index (χ3v) is 4.48. The molecule has 2 amide bonds. The summed E-state index contributed by atoms with van der Waals surface area (Å²) < 4.78 is 10.7. The number of likely N-dealkylation sites (N-methyl/N-ethyl adjacent to an activating group) is 1. The lowest BCUT2D eigenvalue weighted by atomic mass is 10.00. The average Bonchev–Trinajstić information content (AvgIpc) is 3.15. The molecule has 0 radical (unpaired) electrons. The summed E-state index contributed by atoms with van der Waals surface area (Å²) in [7, 11) is 1.90. The number of benzene rings is 1. The molecule has 2 aromatic rings. The van der Waals surface area contributed by atoms with Crippen molar-refractivity contribution in [3.05, 3.63) is 70.3 Å². The van der Waals surface area contributed by atoms with Crippen molar-refractivity contribution >= 4 is 23.6 Å². The first-order chi connectivity index (χ1) is 13.5. The van der Waals surface area contributed by atoms with E-state index in [0.29, 0.717) is 35.1 Å². The van der Waals surface area contributed by atoms with Crippen LogP contribution in [0.2, 0.25) is 5.02 Å². The molecule has 0 fully saturated rings. The summed E-state index contributed by atoms with van der Waals surface area (Å²) in [6, 6.07) is 9.85. The molecule has 0 spiro atoms. The fraction of sp³-hybridized carbons (Fsp3) is 0.300. The van der Waals surface area contributed by atoms with Crippen molar-refractivity contribution in [3.63, 3.8) is 0 Å². The van der Waals surface area contributed by atoms with E-state index in [1.807, 2.05) is 36.2 Å². The van der Waals surface area contributed by atoms with Gasteiger partial charge in [-0.3, -0.25) is 4.90 Å². The first-order valence-electron chi connectivity index (χ1n) is 8.92. The van der Waals surface area contributed by atoms with E-state index in [4.69, 9.17) is 20.8 Å². The van der Waals surface area contributed by atoms with Crippen LogP contribution in [0.25, 0.3) is 0 Å². The van der Waals surface area contributed by atoms with Gasteiger partial charge in [0, 0.05) is 23.8 Å². The number of esters is 1. The molecule has 1 aliphatic heterocycles. The highest BCUT2D eigenvalue weighted by Gasteiger charge is 2.35. The molecule has 7 nitrogen and oxygen atoms in total. The minimum absolute atomic E-state index is 0.229. The molecule has 0 bridgehead atoms. The van der Waals surface area contributed by atoms with Gasteiger partial charge >= 0.3 is 12.0 Å². The highest BCUT2D eigenvalue weighted by molar-refractivity contribution is 6.30. The summed E-state index contributed by atoms with van der Waals surface area (Å²) in [5, 5.41) is 6.13. The molecule has 1 aromatic heterocycles. The van der Waals surface area contributed by atoms with Crippen LogP contribution < -0.4 is 10.6 Å². The van der Waals surface area contributed by atoms with E-state index in [1.54, 1.807) is 19.1 Å². The number of carbonyl (C=O) groups excluding carboxylic acids is 2. The van der Waals surface area contributed by atoms with Crippen LogP contribution in [-0.4, -0.2) is 37.1 Å². The lowest BCUT2D eigenvalue weighted by molar-refractivity contribution is -0.139. The molecule has 1 aromatic carbocycles. The molecular weight excluding hydrogens is 382 g/mol. The molecule has 0 saturated carbocycles. The zero-order valence-corrected chi connectivity index (χ0v) is 16.5. The Kier molecular flexibility index (Phi) is 6.38. The Hall–Kier alpha value is -2.77. The fourth-order valence-electron chi connectivity index (χ4n) is 3.13. The van der Waals surface area contributed by atoms with Gasteiger partial charge in [-0.25, -0.2) is 9.59 Å². The number of hydrogen-bond acceptors (Lipinski definition) is 5. The van der Waals surface area contributed by atoms with Crippen LogP contribution in [-0.2, 0) is 16.1 Å². The average molecular weight is 404 g/mol. The zero-order chi connectivity index (χ0) is 20.1. The number of carbonyl (C=O) groups is 2. The van der Waals surface area contributed by atoms with Gasteiger partial charge in [-0.2, -0.15) is 0 Å². The van der Waals surface area contributed by atoms with Crippen molar-refractivity contribution in [3.8, 4) is 0 Å². The minimum atomic E-state index is -0.711. The molecule has 3 rings (SSSR count). The Balaban J connectivity index is 1.89. The third kappa shape index (κ3) is 4.74. The maximum Gasteiger partial charge on any atom is 0.338 e. The van der Waals surface area contributed by atoms with Crippen molar-refractivity contribution < 1.29 is 18.7 Å². The quantitative estimate of drug-likeness (QED) is 0.693. The topological polar surface area (TPSA) is 83.8 Å². The molecule has 2 N–H and O–H groups in total. The second-order valence-corrected chi connectivity index (χ2v) is 6.90. The lowest BCUT2D eigenvalue weighted by Crippen LogP contribution is -2.48. The third-order valence-electron chi connectivity index (χ3n) is 4.25. The second-order valence-electron chi connectivity index (χ2n) is 6.46.